The van der Waals surface area contributed by atoms with E-state index in [1.54, 1.807) is 0 Å². The van der Waals surface area contributed by atoms with Crippen LogP contribution in [0.4, 0.5) is 26.3 Å². The Kier molecular flexibility index (Phi) is 8.04. The second-order valence-electron chi connectivity index (χ2n) is 11.2. The van der Waals surface area contributed by atoms with E-state index in [-0.39, 0.29) is 48.0 Å². The molecule has 0 heterocycles. The molecule has 36 heavy (non-hydrogen) atoms. The lowest BCUT2D eigenvalue weighted by Crippen LogP contribution is -2.56. The standard InChI is InChI=1S/C27H38F6O3/c1-16(6-4-13-25(36,26(28,29)30)27(31,32)33)21-10-11-22-18(7-5-12-24(21,22)3)8-9-19-14-20(34)15-23(35)17(19)2/h8-9,16,20-23,34-36H,2,4-7,10-15H2,1,3H3/b18-8+,19-9-/t16-,20-,21-,22+,23+,24-/m1/s1/i23T. The molecule has 0 aromatic carbocycles. The number of allylic oxidation sites excluding steroid dienone is 3. The Morgan fingerprint density at radius 1 is 1.14 bits per heavy atom. The zero-order valence-electron chi connectivity index (χ0n) is 21.9. The van der Waals surface area contributed by atoms with Crippen LogP contribution >= 0.6 is 0 Å². The van der Waals surface area contributed by atoms with Crippen molar-refractivity contribution in [3.8, 4) is 0 Å². The maximum absolute atomic E-state index is 13.0. The summed E-state index contributed by atoms with van der Waals surface area (Å²) in [7, 11) is 0. The number of aliphatic hydroxyl groups excluding tert-OH is 1. The maximum atomic E-state index is 13.0. The van der Waals surface area contributed by atoms with Gasteiger partial charge >= 0.3 is 12.4 Å². The highest BCUT2D eigenvalue weighted by atomic mass is 19.4. The molecule has 3 fully saturated rings. The lowest BCUT2D eigenvalue weighted by molar-refractivity contribution is -0.370. The van der Waals surface area contributed by atoms with Crippen LogP contribution in [0.2, 0.25) is 0 Å². The van der Waals surface area contributed by atoms with Gasteiger partial charge in [-0.3, -0.25) is 0 Å². The molecule has 9 heteroatoms. The minimum absolute atomic E-state index is 0.0939. The number of hydrogen-bond donors (Lipinski definition) is 3. The summed E-state index contributed by atoms with van der Waals surface area (Å²) in [6.07, 6.45) is -7.61. The van der Waals surface area contributed by atoms with Gasteiger partial charge in [-0.1, -0.05) is 44.6 Å². The SMILES string of the molecule is [3H][C@]1(O)C[C@H](O)C/C(=C/C=C2\CCC[C@]3(C)[C@@H]([C@H](C)CCCC(O)(C(F)(F)F)C(F)(F)F)CC[C@@H]23)C1=C. The molecule has 206 valence electrons. The van der Waals surface area contributed by atoms with Crippen LogP contribution in [0.3, 0.4) is 0 Å². The van der Waals surface area contributed by atoms with Gasteiger partial charge in [0, 0.05) is 6.42 Å². The molecule has 0 spiro atoms. The smallest absolute Gasteiger partial charge is 0.393 e. The summed E-state index contributed by atoms with van der Waals surface area (Å²) in [4.78, 5) is 0. The number of aliphatic hydroxyl groups is 3. The molecule has 0 bridgehead atoms. The molecule has 0 aliphatic heterocycles. The zero-order valence-corrected chi connectivity index (χ0v) is 20.9. The molecule has 0 amide bonds. The Morgan fingerprint density at radius 3 is 2.39 bits per heavy atom. The predicted octanol–water partition coefficient (Wildman–Crippen LogP) is 6.79. The van der Waals surface area contributed by atoms with Crippen LogP contribution in [0.1, 0.15) is 79.4 Å². The van der Waals surface area contributed by atoms with Crippen LogP contribution in [0.15, 0.2) is 35.5 Å². The van der Waals surface area contributed by atoms with E-state index in [0.717, 1.165) is 32.1 Å². The van der Waals surface area contributed by atoms with Gasteiger partial charge in [-0.05, 0) is 85.7 Å². The number of fused-ring (bicyclic) bond motifs is 1. The third-order valence-electron chi connectivity index (χ3n) is 8.98. The van der Waals surface area contributed by atoms with E-state index in [1.807, 2.05) is 19.1 Å². The molecule has 0 aromatic rings. The molecule has 3 rings (SSSR count). The Morgan fingerprint density at radius 2 is 1.78 bits per heavy atom. The van der Waals surface area contributed by atoms with Crippen molar-refractivity contribution in [3.05, 3.63) is 35.5 Å². The topological polar surface area (TPSA) is 60.7 Å². The Bertz CT molecular complexity index is 908. The normalized spacial score (nSPS) is 37.8. The summed E-state index contributed by atoms with van der Waals surface area (Å²) in [6, 6.07) is 0. The second kappa shape index (κ2) is 10.4. The highest BCUT2D eigenvalue weighted by Crippen LogP contribution is 2.60. The number of hydrogen-bond acceptors (Lipinski definition) is 3. The van der Waals surface area contributed by atoms with E-state index in [9.17, 15) is 41.7 Å². The van der Waals surface area contributed by atoms with Gasteiger partial charge in [-0.15, -0.1) is 0 Å². The molecule has 3 N–H and O–H groups in total. The van der Waals surface area contributed by atoms with Crippen LogP contribution in [-0.4, -0.2) is 45.5 Å². The lowest BCUT2D eigenvalue weighted by atomic mass is 9.60. The van der Waals surface area contributed by atoms with E-state index < -0.39 is 36.6 Å². The summed E-state index contributed by atoms with van der Waals surface area (Å²) in [6.45, 7) is 7.86. The average Bonchev–Trinajstić information content (AvgIpc) is 3.10. The fraction of sp³-hybridized carbons (Fsp3) is 0.778. The summed E-state index contributed by atoms with van der Waals surface area (Å²) < 4.78 is 86.1. The molecule has 0 aromatic heterocycles. The maximum Gasteiger partial charge on any atom is 0.426 e. The number of rotatable bonds is 6. The van der Waals surface area contributed by atoms with Gasteiger partial charge in [0.05, 0.1) is 13.6 Å². The van der Waals surface area contributed by atoms with E-state index in [4.69, 9.17) is 1.37 Å². The van der Waals surface area contributed by atoms with Crippen molar-refractivity contribution >= 4 is 0 Å². The van der Waals surface area contributed by atoms with Crippen molar-refractivity contribution in [2.24, 2.45) is 23.2 Å². The number of alkyl halides is 6. The Hall–Kier alpha value is -1.32. The van der Waals surface area contributed by atoms with Crippen molar-refractivity contribution in [2.75, 3.05) is 0 Å². The van der Waals surface area contributed by atoms with E-state index in [0.29, 0.717) is 12.0 Å². The molecule has 0 saturated heterocycles. The van der Waals surface area contributed by atoms with Crippen LogP contribution < -0.4 is 0 Å². The minimum atomic E-state index is -5.79. The van der Waals surface area contributed by atoms with Crippen LogP contribution in [0.5, 0.6) is 0 Å². The first-order valence-electron chi connectivity index (χ1n) is 13.2. The third kappa shape index (κ3) is 5.58. The summed E-state index contributed by atoms with van der Waals surface area (Å²) in [5.74, 6) is 0.234. The molecular weight excluding hydrogens is 486 g/mol. The first-order valence-corrected chi connectivity index (χ1v) is 12.7. The summed E-state index contributed by atoms with van der Waals surface area (Å²) in [5, 5.41) is 29.7. The molecule has 0 unspecified atom stereocenters. The molecule has 0 radical (unpaired) electrons. The first kappa shape index (κ1) is 27.7. The van der Waals surface area contributed by atoms with Crippen LogP contribution in [0.25, 0.3) is 0 Å². The number of halogens is 6. The van der Waals surface area contributed by atoms with Gasteiger partial charge in [0.2, 0.25) is 0 Å². The van der Waals surface area contributed by atoms with Gasteiger partial charge in [-0.25, -0.2) is 0 Å². The van der Waals surface area contributed by atoms with Crippen LogP contribution in [-0.2, 0) is 0 Å². The van der Waals surface area contributed by atoms with E-state index in [2.05, 4.69) is 13.5 Å². The minimum Gasteiger partial charge on any atom is -0.393 e. The van der Waals surface area contributed by atoms with E-state index >= 15 is 0 Å². The predicted molar refractivity (Wildman–Crippen MR) is 125 cm³/mol. The molecule has 3 nitrogen and oxygen atoms in total. The van der Waals surface area contributed by atoms with Gasteiger partial charge in [0.1, 0.15) is 0 Å². The van der Waals surface area contributed by atoms with Gasteiger partial charge in [0.15, 0.2) is 0 Å². The highest BCUT2D eigenvalue weighted by Gasteiger charge is 2.69. The summed E-state index contributed by atoms with van der Waals surface area (Å²) >= 11 is 0. The fourth-order valence-corrected chi connectivity index (χ4v) is 6.90. The van der Waals surface area contributed by atoms with Crippen molar-refractivity contribution in [2.45, 2.75) is 108 Å². The monoisotopic (exact) mass is 526 g/mol. The zero-order chi connectivity index (χ0) is 28.0. The fourth-order valence-electron chi connectivity index (χ4n) is 6.90. The highest BCUT2D eigenvalue weighted by molar-refractivity contribution is 5.38. The molecule has 3 saturated carbocycles. The van der Waals surface area contributed by atoms with Crippen molar-refractivity contribution < 1.29 is 43.0 Å². The quantitative estimate of drug-likeness (QED) is 0.334. The molecule has 3 aliphatic rings. The summed E-state index contributed by atoms with van der Waals surface area (Å²) in [5.41, 5.74) is -2.76. The first-order chi connectivity index (χ1) is 16.8. The molecule has 6 atom stereocenters. The Balaban J connectivity index is 1.71. The third-order valence-corrected chi connectivity index (χ3v) is 8.98. The molecular formula is C27H38F6O3. The largest absolute Gasteiger partial charge is 0.426 e. The van der Waals surface area contributed by atoms with Crippen molar-refractivity contribution in [1.82, 2.24) is 0 Å². The van der Waals surface area contributed by atoms with Gasteiger partial charge in [0.25, 0.3) is 5.60 Å². The van der Waals surface area contributed by atoms with Crippen molar-refractivity contribution in [3.63, 3.8) is 0 Å². The van der Waals surface area contributed by atoms with Gasteiger partial charge in [-0.2, -0.15) is 26.3 Å². The van der Waals surface area contributed by atoms with Gasteiger partial charge < -0.3 is 15.3 Å². The second-order valence-corrected chi connectivity index (χ2v) is 11.2. The van der Waals surface area contributed by atoms with Crippen LogP contribution in [0, 0.1) is 23.2 Å². The van der Waals surface area contributed by atoms with Crippen molar-refractivity contribution in [1.29, 1.82) is 0 Å². The molecule has 3 aliphatic carbocycles. The Labute approximate surface area is 210 Å². The lowest BCUT2D eigenvalue weighted by Gasteiger charge is -2.44. The van der Waals surface area contributed by atoms with E-state index in [1.165, 1.54) is 5.57 Å². The average molecular weight is 527 g/mol.